The van der Waals surface area contributed by atoms with E-state index in [2.05, 4.69) is 24.9 Å². The van der Waals surface area contributed by atoms with Crippen LogP contribution < -0.4 is 5.32 Å². The van der Waals surface area contributed by atoms with Gasteiger partial charge >= 0.3 is 0 Å². The molecule has 5 atom stereocenters. The van der Waals surface area contributed by atoms with E-state index in [-0.39, 0.29) is 12.3 Å². The van der Waals surface area contributed by atoms with Crippen molar-refractivity contribution in [2.45, 2.75) is 44.1 Å². The van der Waals surface area contributed by atoms with Gasteiger partial charge in [-0.2, -0.15) is 0 Å². The van der Waals surface area contributed by atoms with Crippen LogP contribution in [0.4, 0.5) is 0 Å². The zero-order valence-electron chi connectivity index (χ0n) is 13.6. The Morgan fingerprint density at radius 2 is 2.09 bits per heavy atom. The first-order valence-corrected chi connectivity index (χ1v) is 10.9. The highest BCUT2D eigenvalue weighted by Crippen LogP contribution is 2.38. The molecule has 0 aliphatic carbocycles. The lowest BCUT2D eigenvalue weighted by atomic mass is 10.1. The minimum atomic E-state index is -1.18. The van der Waals surface area contributed by atoms with Crippen molar-refractivity contribution in [3.8, 4) is 0 Å². The third-order valence-corrected chi connectivity index (χ3v) is 5.93. The van der Waals surface area contributed by atoms with Crippen molar-refractivity contribution in [3.05, 3.63) is 0 Å². The molecule has 2 heterocycles. The summed E-state index contributed by atoms with van der Waals surface area (Å²) in [5.41, 5.74) is 0. The minimum Gasteiger partial charge on any atom is -0.387 e. The molecule has 0 amide bonds. The summed E-state index contributed by atoms with van der Waals surface area (Å²) in [7, 11) is 1.83. The first-order chi connectivity index (χ1) is 10.1. The van der Waals surface area contributed by atoms with Crippen molar-refractivity contribution < 1.29 is 19.5 Å². The maximum Gasteiger partial charge on any atom is 0.265 e. The Balaban J connectivity index is 2.11. The van der Waals surface area contributed by atoms with Crippen LogP contribution in [-0.2, 0) is 4.74 Å². The third-order valence-electron chi connectivity index (χ3n) is 4.06. The predicted octanol–water partition coefficient (Wildman–Crippen LogP) is -0.261. The van der Waals surface area contributed by atoms with Crippen molar-refractivity contribution in [2.75, 3.05) is 26.5 Å². The Labute approximate surface area is 137 Å². The zero-order valence-corrected chi connectivity index (χ0v) is 15.3. The standard InChI is InChI=1S/C14H26N3O3PS/c1-9-15-14(22)16(2)8-17(9)13-12(19)11(18)10(20-13)6-7-21(3,4)5/h8-13,18-19H,3,6-7H2,1-2,4-5H3/p+1/t9?,10-,11-,12-,13-/m1/s1. The second-order valence-electron chi connectivity index (χ2n) is 6.79. The second-order valence-corrected chi connectivity index (χ2v) is 11.5. The Morgan fingerprint density at radius 1 is 1.45 bits per heavy atom. The van der Waals surface area contributed by atoms with Crippen LogP contribution in [0.15, 0.2) is 0 Å². The average Bonchev–Trinajstić information content (AvgIpc) is 2.68. The van der Waals surface area contributed by atoms with Crippen LogP contribution in [0.5, 0.6) is 0 Å². The van der Waals surface area contributed by atoms with E-state index in [9.17, 15) is 10.2 Å². The Morgan fingerprint density at radius 3 is 2.68 bits per heavy atom. The summed E-state index contributed by atoms with van der Waals surface area (Å²) in [6.07, 6.45) is 4.75. The van der Waals surface area contributed by atoms with E-state index in [1.165, 1.54) is 0 Å². The average molecular weight is 348 g/mol. The molecule has 126 valence electrons. The van der Waals surface area contributed by atoms with Gasteiger partial charge in [-0.15, -0.1) is 13.2 Å². The van der Waals surface area contributed by atoms with Gasteiger partial charge in [-0.3, -0.25) is 0 Å². The molecule has 0 saturated carbocycles. The number of ether oxygens (including phenoxy) is 1. The molecule has 0 aromatic heterocycles. The zero-order chi connectivity index (χ0) is 16.7. The lowest BCUT2D eigenvalue weighted by Crippen LogP contribution is -2.58. The summed E-state index contributed by atoms with van der Waals surface area (Å²) >= 11 is 5.19. The maximum atomic E-state index is 10.4. The molecular formula is C14H27N3O3PS+. The summed E-state index contributed by atoms with van der Waals surface area (Å²) < 4.78 is 7.80. The first kappa shape index (κ1) is 17.9. The van der Waals surface area contributed by atoms with Crippen molar-refractivity contribution in [1.82, 2.24) is 10.2 Å². The fourth-order valence-electron chi connectivity index (χ4n) is 2.68. The van der Waals surface area contributed by atoms with Gasteiger partial charge in [-0.1, -0.05) is 0 Å². The van der Waals surface area contributed by atoms with E-state index in [0.29, 0.717) is 11.5 Å². The van der Waals surface area contributed by atoms with Gasteiger partial charge in [0.2, 0.25) is 12.6 Å². The van der Waals surface area contributed by atoms with Gasteiger partial charge < -0.3 is 20.3 Å². The molecule has 2 aliphatic heterocycles. The number of hydrogen-bond acceptors (Lipinski definition) is 4. The molecule has 0 bridgehead atoms. The number of nitrogens with one attached hydrogen (secondary N) is 1. The van der Waals surface area contributed by atoms with E-state index in [0.717, 1.165) is 6.16 Å². The fourth-order valence-corrected chi connectivity index (χ4v) is 3.86. The van der Waals surface area contributed by atoms with Gasteiger partial charge in [0.05, 0.1) is 13.2 Å². The monoisotopic (exact) mass is 348 g/mol. The van der Waals surface area contributed by atoms with E-state index in [1.54, 1.807) is 4.90 Å². The molecule has 2 rings (SSSR count). The van der Waals surface area contributed by atoms with Crippen molar-refractivity contribution in [1.29, 1.82) is 0 Å². The second kappa shape index (κ2) is 6.57. The van der Waals surface area contributed by atoms with Gasteiger partial charge in [0.15, 0.2) is 6.17 Å². The summed E-state index contributed by atoms with van der Waals surface area (Å²) in [5.74, 6) is 0. The van der Waals surface area contributed by atoms with E-state index in [4.69, 9.17) is 17.0 Å². The number of aliphatic hydroxyl groups is 2. The lowest BCUT2D eigenvalue weighted by molar-refractivity contribution is -0.649. The molecule has 6 nitrogen and oxygen atoms in total. The number of aliphatic hydroxyl groups excluding tert-OH is 2. The molecule has 1 fully saturated rings. The van der Waals surface area contributed by atoms with Crippen LogP contribution in [0.25, 0.3) is 0 Å². The summed E-state index contributed by atoms with van der Waals surface area (Å²) in [6.45, 7) is 5.07. The summed E-state index contributed by atoms with van der Waals surface area (Å²) in [4.78, 5) is 1.76. The maximum absolute atomic E-state index is 10.4. The first-order valence-electron chi connectivity index (χ1n) is 7.45. The molecule has 0 aromatic rings. The molecule has 1 unspecified atom stereocenters. The van der Waals surface area contributed by atoms with Crippen LogP contribution in [0.1, 0.15) is 13.3 Å². The van der Waals surface area contributed by atoms with Gasteiger partial charge in [-0.05, 0) is 45.1 Å². The van der Waals surface area contributed by atoms with Crippen molar-refractivity contribution in [3.63, 3.8) is 0 Å². The summed E-state index contributed by atoms with van der Waals surface area (Å²) in [6, 6.07) is 0. The van der Waals surface area contributed by atoms with E-state index < -0.39 is 25.3 Å². The fraction of sp³-hybridized carbons (Fsp3) is 0.786. The highest BCUT2D eigenvalue weighted by molar-refractivity contribution is 7.80. The predicted molar refractivity (Wildman–Crippen MR) is 95.3 cm³/mol. The normalized spacial score (nSPS) is 36.3. The van der Waals surface area contributed by atoms with Crippen LogP contribution in [0.2, 0.25) is 0 Å². The van der Waals surface area contributed by atoms with Crippen LogP contribution in [0.3, 0.4) is 0 Å². The van der Waals surface area contributed by atoms with Crippen LogP contribution in [0, 0.1) is 0 Å². The van der Waals surface area contributed by atoms with Crippen molar-refractivity contribution >= 4 is 36.9 Å². The molecule has 3 N–H and O–H groups in total. The molecule has 0 spiro atoms. The van der Waals surface area contributed by atoms with Crippen LogP contribution in [-0.4, -0.2) is 94.7 Å². The molecule has 8 heteroatoms. The topological polar surface area (TPSA) is 68.0 Å². The number of thiocarbonyl (C=S) groups is 1. The Kier molecular flexibility index (Phi) is 5.34. The Hall–Kier alpha value is -0.460. The van der Waals surface area contributed by atoms with E-state index in [1.807, 2.05) is 24.9 Å². The quantitative estimate of drug-likeness (QED) is 0.370. The lowest BCUT2D eigenvalue weighted by Gasteiger charge is -2.29. The van der Waals surface area contributed by atoms with E-state index >= 15 is 0 Å². The Bertz CT molecular complexity index is 521. The minimum absolute atomic E-state index is 0.105. The number of rotatable bonds is 4. The molecule has 1 saturated heterocycles. The van der Waals surface area contributed by atoms with Crippen LogP contribution >= 0.6 is 19.1 Å². The summed E-state index contributed by atoms with van der Waals surface area (Å²) in [5, 5.41) is 24.4. The number of nitrogens with zero attached hydrogens (tertiary/aromatic N) is 2. The molecular weight excluding hydrogens is 321 g/mol. The molecule has 0 aromatic carbocycles. The molecule has 22 heavy (non-hydrogen) atoms. The number of hydrogen-bond donors (Lipinski definition) is 3. The van der Waals surface area contributed by atoms with Gasteiger partial charge in [0, 0.05) is 0 Å². The SMILES string of the molecule is C=P(C)(C)CC[C@H]1O[C@@H]([N+]2=CN(C)C(=S)NC2C)[C@H](O)[C@@H]1O. The molecule has 2 aliphatic rings. The van der Waals surface area contributed by atoms with Gasteiger partial charge in [0.25, 0.3) is 5.11 Å². The largest absolute Gasteiger partial charge is 0.387 e. The highest BCUT2D eigenvalue weighted by Gasteiger charge is 2.48. The smallest absolute Gasteiger partial charge is 0.265 e. The van der Waals surface area contributed by atoms with Gasteiger partial charge in [-0.25, -0.2) is 9.48 Å². The van der Waals surface area contributed by atoms with Gasteiger partial charge in [0.1, 0.15) is 12.2 Å². The van der Waals surface area contributed by atoms with Crippen molar-refractivity contribution in [2.24, 2.45) is 0 Å². The third kappa shape index (κ3) is 3.89. The highest BCUT2D eigenvalue weighted by atomic mass is 32.1. The molecule has 0 radical (unpaired) electrons.